The van der Waals surface area contributed by atoms with Gasteiger partial charge in [-0.1, -0.05) is 23.2 Å². The summed E-state index contributed by atoms with van der Waals surface area (Å²) in [5.41, 5.74) is 5.87. The molecule has 0 aliphatic heterocycles. The number of hydrogen-bond donors (Lipinski definition) is 2. The molecule has 1 heterocycles. The number of nitrogens with two attached hydrogens (primary N) is 1. The third-order valence-electron chi connectivity index (χ3n) is 2.39. The maximum atomic E-state index is 12.2. The zero-order chi connectivity index (χ0) is 14.9. The highest BCUT2D eigenvalue weighted by Crippen LogP contribution is 2.36. The van der Waals surface area contributed by atoms with E-state index in [2.05, 4.69) is 25.6 Å². The van der Waals surface area contributed by atoms with Crippen LogP contribution < -0.4 is 10.5 Å². The summed E-state index contributed by atoms with van der Waals surface area (Å²) in [6.07, 6.45) is 2.56. The predicted octanol–water partition coefficient (Wildman–Crippen LogP) is 3.53. The molecular weight excluding hydrogens is 389 g/mol. The largest absolute Gasteiger partial charge is 0.398 e. The monoisotopic (exact) mass is 395 g/mol. The third-order valence-corrected chi connectivity index (χ3v) is 5.57. The number of nitrogen functional groups attached to an aromatic ring is 1. The van der Waals surface area contributed by atoms with Crippen molar-refractivity contribution in [2.24, 2.45) is 0 Å². The molecule has 0 saturated heterocycles. The van der Waals surface area contributed by atoms with E-state index in [1.54, 1.807) is 6.07 Å². The van der Waals surface area contributed by atoms with Crippen LogP contribution in [0.3, 0.4) is 0 Å². The second-order valence-electron chi connectivity index (χ2n) is 3.74. The van der Waals surface area contributed by atoms with Crippen LogP contribution in [0, 0.1) is 0 Å². The van der Waals surface area contributed by atoms with Gasteiger partial charge in [-0.2, -0.15) is 0 Å². The molecule has 1 aromatic heterocycles. The number of halogens is 3. The first kappa shape index (κ1) is 15.4. The highest BCUT2D eigenvalue weighted by molar-refractivity contribution is 9.10. The molecule has 0 aliphatic carbocycles. The topological polar surface area (TPSA) is 85.1 Å². The van der Waals surface area contributed by atoms with E-state index < -0.39 is 10.0 Å². The molecule has 3 N–H and O–H groups in total. The molecule has 9 heteroatoms. The lowest BCUT2D eigenvalue weighted by molar-refractivity contribution is 0.601. The zero-order valence-corrected chi connectivity index (χ0v) is 13.7. The molecule has 0 unspecified atom stereocenters. The van der Waals surface area contributed by atoms with Crippen LogP contribution in [0.5, 0.6) is 0 Å². The lowest BCUT2D eigenvalue weighted by Gasteiger charge is -2.12. The van der Waals surface area contributed by atoms with E-state index in [1.165, 1.54) is 18.3 Å². The minimum atomic E-state index is -3.89. The smallest absolute Gasteiger partial charge is 0.265 e. The minimum Gasteiger partial charge on any atom is -0.398 e. The van der Waals surface area contributed by atoms with E-state index >= 15 is 0 Å². The Morgan fingerprint density at radius 2 is 1.90 bits per heavy atom. The first-order valence-corrected chi connectivity index (χ1v) is 8.22. The van der Waals surface area contributed by atoms with Crippen molar-refractivity contribution in [3.63, 3.8) is 0 Å². The maximum Gasteiger partial charge on any atom is 0.265 e. The average Bonchev–Trinajstić information content (AvgIpc) is 2.40. The molecule has 0 fully saturated rings. The van der Waals surface area contributed by atoms with Gasteiger partial charge in [0.1, 0.15) is 4.90 Å². The summed E-state index contributed by atoms with van der Waals surface area (Å²) in [4.78, 5) is 3.61. The van der Waals surface area contributed by atoms with Crippen molar-refractivity contribution in [1.29, 1.82) is 0 Å². The number of pyridine rings is 1. The molecule has 5 nitrogen and oxygen atoms in total. The molecule has 20 heavy (non-hydrogen) atoms. The number of anilines is 2. The lowest BCUT2D eigenvalue weighted by atomic mass is 10.3. The molecule has 0 atom stereocenters. The fraction of sp³-hybridized carbons (Fsp3) is 0. The standard InChI is InChI=1S/C11H8BrCl2N3O2S/c12-6-1-2-8(11(14)10(6)13)17-20(18,19)9-5-16-4-3-7(9)15/h1-5,17H,(H2,15,16). The molecule has 0 amide bonds. The number of nitrogens with one attached hydrogen (secondary N) is 1. The fourth-order valence-corrected chi connectivity index (χ4v) is 3.44. The number of aromatic nitrogens is 1. The summed E-state index contributed by atoms with van der Waals surface area (Å²) in [6.45, 7) is 0. The van der Waals surface area contributed by atoms with Crippen LogP contribution in [-0.4, -0.2) is 13.4 Å². The van der Waals surface area contributed by atoms with E-state index in [-0.39, 0.29) is 26.3 Å². The summed E-state index contributed by atoms with van der Waals surface area (Å²) in [5.74, 6) is 0. The first-order valence-electron chi connectivity index (χ1n) is 5.18. The molecule has 1 aromatic carbocycles. The number of benzene rings is 1. The molecule has 0 bridgehead atoms. The van der Waals surface area contributed by atoms with Gasteiger partial charge in [0.05, 0.1) is 21.4 Å². The van der Waals surface area contributed by atoms with Crippen molar-refractivity contribution < 1.29 is 8.42 Å². The molecule has 2 aromatic rings. The zero-order valence-electron chi connectivity index (χ0n) is 9.77. The Morgan fingerprint density at radius 3 is 2.55 bits per heavy atom. The predicted molar refractivity (Wildman–Crippen MR) is 83.6 cm³/mol. The van der Waals surface area contributed by atoms with E-state index in [9.17, 15) is 8.42 Å². The van der Waals surface area contributed by atoms with E-state index in [1.807, 2.05) is 0 Å². The molecule has 0 aliphatic rings. The van der Waals surface area contributed by atoms with E-state index in [4.69, 9.17) is 28.9 Å². The Bertz CT molecular complexity index is 768. The van der Waals surface area contributed by atoms with Gasteiger partial charge < -0.3 is 5.73 Å². The van der Waals surface area contributed by atoms with E-state index in [0.717, 1.165) is 6.20 Å². The summed E-state index contributed by atoms with van der Waals surface area (Å²) in [7, 11) is -3.89. The molecular formula is C11H8BrCl2N3O2S. The second kappa shape index (κ2) is 5.77. The summed E-state index contributed by atoms with van der Waals surface area (Å²) in [6, 6.07) is 4.46. The van der Waals surface area contributed by atoms with E-state index in [0.29, 0.717) is 4.47 Å². The quantitative estimate of drug-likeness (QED) is 0.777. The van der Waals surface area contributed by atoms with Crippen LogP contribution >= 0.6 is 39.1 Å². The fourth-order valence-electron chi connectivity index (χ4n) is 1.42. The van der Waals surface area contributed by atoms with Gasteiger partial charge in [-0.05, 0) is 34.1 Å². The molecule has 0 radical (unpaired) electrons. The minimum absolute atomic E-state index is 0.0897. The third kappa shape index (κ3) is 3.01. The van der Waals surface area contributed by atoms with Crippen molar-refractivity contribution in [3.05, 3.63) is 45.1 Å². The number of rotatable bonds is 3. The van der Waals surface area contributed by atoms with Crippen LogP contribution in [0.25, 0.3) is 0 Å². The Morgan fingerprint density at radius 1 is 1.20 bits per heavy atom. The van der Waals surface area contributed by atoms with Crippen LogP contribution in [-0.2, 0) is 10.0 Å². The summed E-state index contributed by atoms with van der Waals surface area (Å²) < 4.78 is 27.3. The van der Waals surface area contributed by atoms with Crippen molar-refractivity contribution in [3.8, 4) is 0 Å². The van der Waals surface area contributed by atoms with Gasteiger partial charge in [-0.3, -0.25) is 9.71 Å². The van der Waals surface area contributed by atoms with Crippen molar-refractivity contribution >= 4 is 60.5 Å². The van der Waals surface area contributed by atoms with Crippen LogP contribution in [0.4, 0.5) is 11.4 Å². The van der Waals surface area contributed by atoms with Crippen LogP contribution in [0.2, 0.25) is 10.0 Å². The van der Waals surface area contributed by atoms with Gasteiger partial charge in [-0.25, -0.2) is 8.42 Å². The van der Waals surface area contributed by atoms with Crippen molar-refractivity contribution in [2.45, 2.75) is 4.90 Å². The van der Waals surface area contributed by atoms with Gasteiger partial charge in [0.25, 0.3) is 10.0 Å². The molecule has 0 saturated carbocycles. The Labute approximate surface area is 134 Å². The van der Waals surface area contributed by atoms with Crippen LogP contribution in [0.1, 0.15) is 0 Å². The van der Waals surface area contributed by atoms with Crippen molar-refractivity contribution in [2.75, 3.05) is 10.5 Å². The average molecular weight is 397 g/mol. The van der Waals surface area contributed by atoms with Crippen LogP contribution in [0.15, 0.2) is 40.0 Å². The molecule has 0 spiro atoms. The maximum absolute atomic E-state index is 12.2. The number of sulfonamides is 1. The summed E-state index contributed by atoms with van der Waals surface area (Å²) >= 11 is 15.1. The van der Waals surface area contributed by atoms with Gasteiger partial charge in [0, 0.05) is 16.9 Å². The van der Waals surface area contributed by atoms with Gasteiger partial charge >= 0.3 is 0 Å². The van der Waals surface area contributed by atoms with Crippen molar-refractivity contribution in [1.82, 2.24) is 4.98 Å². The van der Waals surface area contributed by atoms with Gasteiger partial charge in [-0.15, -0.1) is 0 Å². The lowest BCUT2D eigenvalue weighted by Crippen LogP contribution is -2.15. The summed E-state index contributed by atoms with van der Waals surface area (Å²) in [5, 5.41) is 0.304. The number of nitrogens with zero attached hydrogens (tertiary/aromatic N) is 1. The van der Waals surface area contributed by atoms with Gasteiger partial charge in [0.15, 0.2) is 0 Å². The molecule has 106 valence electrons. The first-order chi connectivity index (χ1) is 9.33. The number of hydrogen-bond acceptors (Lipinski definition) is 4. The highest BCUT2D eigenvalue weighted by Gasteiger charge is 2.20. The SMILES string of the molecule is Nc1ccncc1S(=O)(=O)Nc1ccc(Br)c(Cl)c1Cl. The molecule has 2 rings (SSSR count). The second-order valence-corrected chi connectivity index (χ2v) is 7.00. The normalized spacial score (nSPS) is 11.3. The Kier molecular flexibility index (Phi) is 4.43. The Hall–Kier alpha value is -1.02. The highest BCUT2D eigenvalue weighted by atomic mass is 79.9. The van der Waals surface area contributed by atoms with Gasteiger partial charge in [0.2, 0.25) is 0 Å². The Balaban J connectivity index is 2.45.